The molecule has 0 amide bonds. The van der Waals surface area contributed by atoms with Gasteiger partial charge in [0, 0.05) is 91.3 Å². The highest BCUT2D eigenvalue weighted by molar-refractivity contribution is 5.63. The van der Waals surface area contributed by atoms with Crippen molar-refractivity contribution in [3.05, 3.63) is 199 Å². The van der Waals surface area contributed by atoms with Gasteiger partial charge in [-0.15, -0.1) is 0 Å². The molecule has 0 saturated carbocycles. The van der Waals surface area contributed by atoms with Gasteiger partial charge < -0.3 is 65.6 Å². The van der Waals surface area contributed by atoms with Gasteiger partial charge in [0.05, 0.1) is 17.1 Å². The Bertz CT molecular complexity index is 1890. The molecule has 0 fully saturated rings. The summed E-state index contributed by atoms with van der Waals surface area (Å²) in [5, 5.41) is 0. The first-order valence-electron chi connectivity index (χ1n) is 17.4. The molecule has 54 heavy (non-hydrogen) atoms. The zero-order valence-electron chi connectivity index (χ0n) is 30.8. The van der Waals surface area contributed by atoms with Crippen molar-refractivity contribution < 1.29 is 64.6 Å². The SMILES string of the molecule is CN(c1ccccc1)c1cc[n+](Cc2cc(C[n+]3ccc(N(C)c4ccccc4)cc3)cc(C[n+]3ccc(N(C)c4ccccc4)cc3)c2)cc1.[Br-].[Br-].[Br-]. The van der Waals surface area contributed by atoms with E-state index in [1.54, 1.807) is 0 Å². The minimum absolute atomic E-state index is 0. The van der Waals surface area contributed by atoms with Crippen molar-refractivity contribution in [3.8, 4) is 0 Å². The predicted molar refractivity (Wildman–Crippen MR) is 207 cm³/mol. The number of hydrogen-bond donors (Lipinski definition) is 0. The average molecular weight is 910 g/mol. The Morgan fingerprint density at radius 2 is 0.519 bits per heavy atom. The summed E-state index contributed by atoms with van der Waals surface area (Å²) in [6.45, 7) is 2.35. The van der Waals surface area contributed by atoms with E-state index in [0.717, 1.165) is 36.7 Å². The fourth-order valence-electron chi connectivity index (χ4n) is 6.48. The Labute approximate surface area is 351 Å². The van der Waals surface area contributed by atoms with Crippen LogP contribution in [0.4, 0.5) is 34.1 Å². The van der Waals surface area contributed by atoms with Crippen LogP contribution in [0.1, 0.15) is 16.7 Å². The third kappa shape index (κ3) is 10.6. The van der Waals surface area contributed by atoms with Gasteiger partial charge in [0.25, 0.3) is 0 Å². The van der Waals surface area contributed by atoms with Crippen LogP contribution in [0.5, 0.6) is 0 Å². The molecule has 0 radical (unpaired) electrons. The van der Waals surface area contributed by atoms with Crippen molar-refractivity contribution in [1.82, 2.24) is 0 Å². The third-order valence-corrected chi connectivity index (χ3v) is 9.42. The Hall–Kier alpha value is -4.83. The zero-order chi connectivity index (χ0) is 35.0. The standard InChI is InChI=1S/C45H45N6.3BrH/c1-46(40-13-7-4-8-14-40)43-19-25-49(26-20-43)34-37-31-38(35-50-27-21-44(22-28-50)47(2)41-15-9-5-10-16-41)33-39(32-37)36-51-29-23-45(24-30-51)48(3)42-17-11-6-12-18-42;;;/h4-33H,34-36H2,1-3H3;3*1H/q+3;;;/p-3. The second kappa shape index (κ2) is 20.0. The summed E-state index contributed by atoms with van der Waals surface area (Å²) in [6.07, 6.45) is 13.1. The first-order chi connectivity index (χ1) is 25.0. The molecule has 6 nitrogen and oxygen atoms in total. The Morgan fingerprint density at radius 3 is 0.741 bits per heavy atom. The van der Waals surface area contributed by atoms with Crippen LogP contribution in [-0.4, -0.2) is 21.1 Å². The van der Waals surface area contributed by atoms with E-state index in [1.807, 2.05) is 0 Å². The van der Waals surface area contributed by atoms with Crippen LogP contribution in [-0.2, 0) is 19.6 Å². The van der Waals surface area contributed by atoms with E-state index >= 15 is 0 Å². The van der Waals surface area contributed by atoms with Crippen LogP contribution < -0.4 is 79.3 Å². The van der Waals surface area contributed by atoms with Gasteiger partial charge in [-0.25, -0.2) is 13.7 Å². The molecule has 4 aromatic carbocycles. The highest BCUT2D eigenvalue weighted by Gasteiger charge is 2.15. The number of nitrogens with zero attached hydrogens (tertiary/aromatic N) is 6. The molecule has 0 atom stereocenters. The van der Waals surface area contributed by atoms with Gasteiger partial charge in [-0.3, -0.25) is 0 Å². The number of anilines is 6. The fraction of sp³-hybridized carbons (Fsp3) is 0.133. The number of para-hydroxylation sites is 3. The Kier molecular flexibility index (Phi) is 15.5. The van der Waals surface area contributed by atoms with Crippen LogP contribution in [0, 0.1) is 0 Å². The number of halogens is 3. The van der Waals surface area contributed by atoms with E-state index in [0.29, 0.717) is 0 Å². The van der Waals surface area contributed by atoms with Crippen LogP contribution in [0.15, 0.2) is 183 Å². The summed E-state index contributed by atoms with van der Waals surface area (Å²) in [5.41, 5.74) is 10.8. The lowest BCUT2D eigenvalue weighted by Gasteiger charge is -2.18. The number of pyridine rings is 3. The molecule has 3 heterocycles. The maximum absolute atomic E-state index is 2.35. The van der Waals surface area contributed by atoms with Gasteiger partial charge in [-0.1, -0.05) is 54.6 Å². The Morgan fingerprint density at radius 1 is 0.315 bits per heavy atom. The molecule has 9 heteroatoms. The van der Waals surface area contributed by atoms with E-state index in [9.17, 15) is 0 Å². The highest BCUT2D eigenvalue weighted by atomic mass is 79.9. The van der Waals surface area contributed by atoms with Gasteiger partial charge in [0.1, 0.15) is 0 Å². The van der Waals surface area contributed by atoms with E-state index in [2.05, 4.69) is 232 Å². The summed E-state index contributed by atoms with van der Waals surface area (Å²) in [5.74, 6) is 0. The topological polar surface area (TPSA) is 21.4 Å². The molecule has 7 aromatic rings. The molecule has 7 rings (SSSR count). The smallest absolute Gasteiger partial charge is 0.173 e. The van der Waals surface area contributed by atoms with Gasteiger partial charge in [0.2, 0.25) is 0 Å². The van der Waals surface area contributed by atoms with Crippen molar-refractivity contribution in [2.45, 2.75) is 19.6 Å². The first-order valence-corrected chi connectivity index (χ1v) is 17.4. The van der Waals surface area contributed by atoms with Crippen LogP contribution >= 0.6 is 0 Å². The largest absolute Gasteiger partial charge is 1.00 e. The number of rotatable bonds is 12. The third-order valence-electron chi connectivity index (χ3n) is 9.42. The molecule has 0 aliphatic carbocycles. The summed E-state index contributed by atoms with van der Waals surface area (Å²) >= 11 is 0. The highest BCUT2D eigenvalue weighted by Crippen LogP contribution is 2.24. The fourth-order valence-corrected chi connectivity index (χ4v) is 6.48. The van der Waals surface area contributed by atoms with Crippen LogP contribution in [0.3, 0.4) is 0 Å². The van der Waals surface area contributed by atoms with Crippen LogP contribution in [0.25, 0.3) is 0 Å². The zero-order valence-corrected chi connectivity index (χ0v) is 35.5. The summed E-state index contributed by atoms with van der Waals surface area (Å²) < 4.78 is 6.77. The van der Waals surface area contributed by atoms with Gasteiger partial charge >= 0.3 is 0 Å². The van der Waals surface area contributed by atoms with Gasteiger partial charge in [0.15, 0.2) is 56.8 Å². The van der Waals surface area contributed by atoms with E-state index < -0.39 is 0 Å². The van der Waals surface area contributed by atoms with E-state index in [-0.39, 0.29) is 50.9 Å². The molecule has 0 N–H and O–H groups in total. The lowest BCUT2D eigenvalue weighted by atomic mass is 10.0. The first kappa shape index (κ1) is 41.9. The summed E-state index contributed by atoms with van der Waals surface area (Å²) in [7, 11) is 6.33. The predicted octanol–water partition coefficient (Wildman–Crippen LogP) is -0.990. The summed E-state index contributed by atoms with van der Waals surface area (Å²) in [6, 6.07) is 51.6. The lowest BCUT2D eigenvalue weighted by Crippen LogP contribution is -3.00. The van der Waals surface area contributed by atoms with Crippen LogP contribution in [0.2, 0.25) is 0 Å². The number of aromatic nitrogens is 3. The second-order valence-electron chi connectivity index (χ2n) is 13.0. The molecular formula is C45H45Br3N6. The van der Waals surface area contributed by atoms with Crippen molar-refractivity contribution in [3.63, 3.8) is 0 Å². The van der Waals surface area contributed by atoms with Gasteiger partial charge in [-0.2, -0.15) is 0 Å². The molecule has 3 aromatic heterocycles. The van der Waals surface area contributed by atoms with E-state index in [1.165, 1.54) is 33.8 Å². The van der Waals surface area contributed by atoms with Gasteiger partial charge in [-0.05, 0) is 54.6 Å². The normalized spacial score (nSPS) is 10.3. The minimum Gasteiger partial charge on any atom is -1.00 e. The number of hydrogen-bond acceptors (Lipinski definition) is 3. The maximum atomic E-state index is 2.35. The second-order valence-corrected chi connectivity index (χ2v) is 13.0. The minimum atomic E-state index is 0. The maximum Gasteiger partial charge on any atom is 0.173 e. The molecule has 0 spiro atoms. The lowest BCUT2D eigenvalue weighted by molar-refractivity contribution is -0.690. The average Bonchev–Trinajstić information content (AvgIpc) is 3.19. The molecular weight excluding hydrogens is 864 g/mol. The molecule has 0 bridgehead atoms. The molecule has 0 aliphatic rings. The van der Waals surface area contributed by atoms with Crippen molar-refractivity contribution in [2.24, 2.45) is 0 Å². The van der Waals surface area contributed by atoms with Crippen molar-refractivity contribution >= 4 is 34.1 Å². The number of benzene rings is 4. The summed E-state index contributed by atoms with van der Waals surface area (Å²) in [4.78, 5) is 6.63. The van der Waals surface area contributed by atoms with Crippen molar-refractivity contribution in [1.29, 1.82) is 0 Å². The molecule has 0 aliphatic heterocycles. The Balaban J connectivity index is 0.00000217. The van der Waals surface area contributed by atoms with Crippen molar-refractivity contribution in [2.75, 3.05) is 35.8 Å². The quantitative estimate of drug-likeness (QED) is 0.147. The molecule has 0 unspecified atom stereocenters. The molecule has 0 saturated heterocycles. The van der Waals surface area contributed by atoms with E-state index in [4.69, 9.17) is 0 Å². The monoisotopic (exact) mass is 906 g/mol. The molecule has 276 valence electrons.